The van der Waals surface area contributed by atoms with Gasteiger partial charge >= 0.3 is 0 Å². The molecule has 0 radical (unpaired) electrons. The number of amides is 1. The Balaban J connectivity index is 1.42. The summed E-state index contributed by atoms with van der Waals surface area (Å²) in [6.07, 6.45) is 10.6. The fraction of sp³-hybridized carbons (Fsp3) is 0.737. The van der Waals surface area contributed by atoms with Crippen LogP contribution < -0.4 is 15.8 Å². The lowest BCUT2D eigenvalue weighted by molar-refractivity contribution is -0.122. The summed E-state index contributed by atoms with van der Waals surface area (Å²) in [7, 11) is 0. The number of carbonyl (C=O) groups excluding carboxylic acids is 1. The van der Waals surface area contributed by atoms with Crippen LogP contribution in [0.5, 0.6) is 0 Å². The molecule has 1 aliphatic heterocycles. The number of piperidine rings is 1. The van der Waals surface area contributed by atoms with Gasteiger partial charge in [-0.2, -0.15) is 5.10 Å². The molecule has 0 unspecified atom stereocenters. The molecule has 0 atom stereocenters. The Kier molecular flexibility index (Phi) is 6.10. The number of aryl methyl sites for hydroxylation is 1. The Labute approximate surface area is 149 Å². The standard InChI is InChI=1S/C19H30N4O2/c1-2-23-19(25)13-17(14-20-23)22-11-9-16(10-12-22)21-18(24)8-7-15-5-3-4-6-15/h13-16H,2-12H2,1H3,(H,21,24). The number of nitrogens with one attached hydrogen (secondary N) is 1. The average molecular weight is 346 g/mol. The van der Waals surface area contributed by atoms with E-state index in [1.54, 1.807) is 12.3 Å². The van der Waals surface area contributed by atoms with Crippen molar-refractivity contribution >= 4 is 11.6 Å². The third kappa shape index (κ3) is 4.83. The van der Waals surface area contributed by atoms with Gasteiger partial charge in [0.15, 0.2) is 0 Å². The first kappa shape index (κ1) is 18.0. The van der Waals surface area contributed by atoms with Gasteiger partial charge in [-0.3, -0.25) is 9.59 Å². The molecular formula is C19H30N4O2. The monoisotopic (exact) mass is 346 g/mol. The molecule has 1 N–H and O–H groups in total. The molecule has 0 spiro atoms. The van der Waals surface area contributed by atoms with E-state index in [1.165, 1.54) is 30.4 Å². The third-order valence-corrected chi connectivity index (χ3v) is 5.63. The van der Waals surface area contributed by atoms with Gasteiger partial charge < -0.3 is 10.2 Å². The van der Waals surface area contributed by atoms with Crippen LogP contribution in [0.15, 0.2) is 17.1 Å². The van der Waals surface area contributed by atoms with Crippen molar-refractivity contribution in [3.8, 4) is 0 Å². The van der Waals surface area contributed by atoms with Crippen LogP contribution >= 0.6 is 0 Å². The minimum Gasteiger partial charge on any atom is -0.370 e. The molecule has 1 aliphatic carbocycles. The first-order valence-electron chi connectivity index (χ1n) is 9.77. The van der Waals surface area contributed by atoms with Gasteiger partial charge in [-0.05, 0) is 32.1 Å². The van der Waals surface area contributed by atoms with Crippen molar-refractivity contribution in [3.05, 3.63) is 22.6 Å². The predicted octanol–water partition coefficient (Wildman–Crippen LogP) is 2.32. The predicted molar refractivity (Wildman–Crippen MR) is 98.7 cm³/mol. The van der Waals surface area contributed by atoms with Crippen LogP contribution in [0.1, 0.15) is 58.3 Å². The Morgan fingerprint density at radius 1 is 1.24 bits per heavy atom. The molecule has 1 aromatic rings. The SMILES string of the molecule is CCn1ncc(N2CCC(NC(=O)CCC3CCCC3)CC2)cc1=O. The van der Waals surface area contributed by atoms with Gasteiger partial charge in [0.05, 0.1) is 11.9 Å². The second kappa shape index (κ2) is 8.50. The number of rotatable bonds is 6. The largest absolute Gasteiger partial charge is 0.370 e. The maximum Gasteiger partial charge on any atom is 0.268 e. The lowest BCUT2D eigenvalue weighted by atomic mass is 10.0. The summed E-state index contributed by atoms with van der Waals surface area (Å²) in [5.41, 5.74) is 0.836. The van der Waals surface area contributed by atoms with Crippen LogP contribution in [0.4, 0.5) is 5.69 Å². The minimum absolute atomic E-state index is 0.0534. The summed E-state index contributed by atoms with van der Waals surface area (Å²) in [6.45, 7) is 4.21. The highest BCUT2D eigenvalue weighted by atomic mass is 16.1. The van der Waals surface area contributed by atoms with Gasteiger partial charge in [-0.25, -0.2) is 4.68 Å². The van der Waals surface area contributed by atoms with Crippen LogP contribution in [0.2, 0.25) is 0 Å². The van der Waals surface area contributed by atoms with E-state index in [0.29, 0.717) is 13.0 Å². The Morgan fingerprint density at radius 3 is 2.60 bits per heavy atom. The number of aromatic nitrogens is 2. The molecule has 2 fully saturated rings. The summed E-state index contributed by atoms with van der Waals surface area (Å²) in [4.78, 5) is 26.3. The Morgan fingerprint density at radius 2 is 1.96 bits per heavy atom. The summed E-state index contributed by atoms with van der Waals surface area (Å²) in [5, 5.41) is 7.39. The Hall–Kier alpha value is -1.85. The van der Waals surface area contributed by atoms with Crippen LogP contribution in [0, 0.1) is 5.92 Å². The normalized spacial score (nSPS) is 19.3. The molecule has 0 bridgehead atoms. The second-order valence-corrected chi connectivity index (χ2v) is 7.39. The summed E-state index contributed by atoms with van der Waals surface area (Å²) < 4.78 is 1.46. The van der Waals surface area contributed by atoms with Gasteiger partial charge in [0.2, 0.25) is 5.91 Å². The zero-order valence-corrected chi connectivity index (χ0v) is 15.2. The highest BCUT2D eigenvalue weighted by Gasteiger charge is 2.22. The summed E-state index contributed by atoms with van der Waals surface area (Å²) in [6, 6.07) is 1.92. The van der Waals surface area contributed by atoms with Crippen LogP contribution in [-0.4, -0.2) is 34.8 Å². The quantitative estimate of drug-likeness (QED) is 0.858. The number of anilines is 1. The molecule has 25 heavy (non-hydrogen) atoms. The van der Waals surface area contributed by atoms with Gasteiger partial charge in [-0.1, -0.05) is 25.7 Å². The zero-order chi connectivity index (χ0) is 17.6. The van der Waals surface area contributed by atoms with E-state index >= 15 is 0 Å². The molecule has 2 aliphatic rings. The van der Waals surface area contributed by atoms with Crippen molar-refractivity contribution in [2.45, 2.75) is 70.9 Å². The molecule has 1 saturated heterocycles. The maximum atomic E-state index is 12.2. The van der Waals surface area contributed by atoms with E-state index < -0.39 is 0 Å². The van der Waals surface area contributed by atoms with E-state index in [9.17, 15) is 9.59 Å². The van der Waals surface area contributed by atoms with Gasteiger partial charge in [0.1, 0.15) is 0 Å². The van der Waals surface area contributed by atoms with Gasteiger partial charge in [-0.15, -0.1) is 0 Å². The number of hydrogen-bond acceptors (Lipinski definition) is 4. The molecule has 6 heteroatoms. The molecule has 3 rings (SSSR count). The van der Waals surface area contributed by atoms with Crippen LogP contribution in [0.3, 0.4) is 0 Å². The summed E-state index contributed by atoms with van der Waals surface area (Å²) >= 11 is 0. The van der Waals surface area contributed by atoms with E-state index in [-0.39, 0.29) is 17.5 Å². The van der Waals surface area contributed by atoms with Gasteiger partial charge in [0, 0.05) is 38.2 Å². The molecule has 1 saturated carbocycles. The number of carbonyl (C=O) groups is 1. The fourth-order valence-corrected chi connectivity index (χ4v) is 4.05. The zero-order valence-electron chi connectivity index (χ0n) is 15.2. The lowest BCUT2D eigenvalue weighted by Gasteiger charge is -2.33. The second-order valence-electron chi connectivity index (χ2n) is 7.39. The smallest absolute Gasteiger partial charge is 0.268 e. The molecule has 1 amide bonds. The summed E-state index contributed by atoms with van der Waals surface area (Å²) in [5.74, 6) is 0.975. The third-order valence-electron chi connectivity index (χ3n) is 5.63. The first-order chi connectivity index (χ1) is 12.2. The van der Waals surface area contributed by atoms with Crippen molar-refractivity contribution in [2.75, 3.05) is 18.0 Å². The topological polar surface area (TPSA) is 67.2 Å². The van der Waals surface area contributed by atoms with E-state index in [1.807, 2.05) is 6.92 Å². The van der Waals surface area contributed by atoms with Gasteiger partial charge in [0.25, 0.3) is 5.56 Å². The maximum absolute atomic E-state index is 12.2. The Bertz CT molecular complexity index is 629. The molecular weight excluding hydrogens is 316 g/mol. The van der Waals surface area contributed by atoms with Crippen molar-refractivity contribution < 1.29 is 4.79 Å². The highest BCUT2D eigenvalue weighted by molar-refractivity contribution is 5.76. The average Bonchev–Trinajstić information content (AvgIpc) is 3.14. The number of hydrogen-bond donors (Lipinski definition) is 1. The lowest BCUT2D eigenvalue weighted by Crippen LogP contribution is -2.45. The van der Waals surface area contributed by atoms with Crippen molar-refractivity contribution in [2.24, 2.45) is 5.92 Å². The van der Waals surface area contributed by atoms with Crippen LogP contribution in [0.25, 0.3) is 0 Å². The van der Waals surface area contributed by atoms with Crippen molar-refractivity contribution in [1.82, 2.24) is 15.1 Å². The molecule has 0 aromatic carbocycles. The molecule has 1 aromatic heterocycles. The minimum atomic E-state index is -0.0534. The van der Waals surface area contributed by atoms with E-state index in [0.717, 1.165) is 44.0 Å². The highest BCUT2D eigenvalue weighted by Crippen LogP contribution is 2.28. The van der Waals surface area contributed by atoms with E-state index in [2.05, 4.69) is 15.3 Å². The van der Waals surface area contributed by atoms with E-state index in [4.69, 9.17) is 0 Å². The fourth-order valence-electron chi connectivity index (χ4n) is 4.05. The first-order valence-corrected chi connectivity index (χ1v) is 9.77. The van der Waals surface area contributed by atoms with Crippen molar-refractivity contribution in [1.29, 1.82) is 0 Å². The molecule has 138 valence electrons. The molecule has 6 nitrogen and oxygen atoms in total. The van der Waals surface area contributed by atoms with Crippen molar-refractivity contribution in [3.63, 3.8) is 0 Å². The van der Waals surface area contributed by atoms with Crippen LogP contribution in [-0.2, 0) is 11.3 Å². The molecule has 2 heterocycles. The number of nitrogens with zero attached hydrogens (tertiary/aromatic N) is 3.